The molecule has 0 saturated carbocycles. The first-order chi connectivity index (χ1) is 25.4. The number of rotatable bonds is 10. The molecule has 0 radical (unpaired) electrons. The maximum absolute atomic E-state index is 14.0. The molecule has 3 aliphatic rings. The molecule has 7 rings (SSSR count). The fourth-order valence-corrected chi connectivity index (χ4v) is 8.16. The molecule has 0 saturated heterocycles. The summed E-state index contributed by atoms with van der Waals surface area (Å²) < 4.78 is 54.3. The van der Waals surface area contributed by atoms with Crippen LogP contribution in [0.2, 0.25) is 0 Å². The summed E-state index contributed by atoms with van der Waals surface area (Å²) in [6, 6.07) is 22.6. The van der Waals surface area contributed by atoms with E-state index < -0.39 is 45.7 Å². The first kappa shape index (κ1) is 36.4. The lowest BCUT2D eigenvalue weighted by atomic mass is 9.98. The largest absolute Gasteiger partial charge is 0.527 e. The van der Waals surface area contributed by atoms with Crippen molar-refractivity contribution < 1.29 is 60.9 Å². The van der Waals surface area contributed by atoms with Crippen molar-refractivity contribution in [1.29, 1.82) is 0 Å². The Morgan fingerprint density at radius 2 is 1.26 bits per heavy atom. The van der Waals surface area contributed by atoms with E-state index in [0.29, 0.717) is 22.3 Å². The van der Waals surface area contributed by atoms with Gasteiger partial charge in [-0.15, -0.1) is 0 Å². The summed E-state index contributed by atoms with van der Waals surface area (Å²) in [4.78, 5) is 59.7. The standard InChI is InChI=1S/C36H34N2O13P2/c1-46-35(40)31(17-22-11-13-33-24(15-22)19-49-53(44,45)51-33)37-34(39)30(16-21-10-12-32-23(14-21)18-48-52(42,43)50-32)38-36(41)47-20-29-27-8-4-2-6-25(27)26-7-3-5-9-28(26)29/h2-15,29-31H,16-20H2,1H3,(H,37,39)(H,38,41)(H,42,43)(H,44,45)/t30-,31-/m0/s1. The monoisotopic (exact) mass is 764 g/mol. The van der Waals surface area contributed by atoms with E-state index in [1.807, 2.05) is 48.5 Å². The summed E-state index contributed by atoms with van der Waals surface area (Å²) >= 11 is 0. The fourth-order valence-electron chi connectivity index (χ4n) is 6.60. The molecule has 4 atom stereocenters. The number of ether oxygens (including phenoxy) is 2. The number of carbonyl (C=O) groups excluding carboxylic acids is 3. The second kappa shape index (κ2) is 14.8. The average molecular weight is 765 g/mol. The van der Waals surface area contributed by atoms with E-state index in [4.69, 9.17) is 27.6 Å². The Morgan fingerprint density at radius 1 is 0.755 bits per heavy atom. The van der Waals surface area contributed by atoms with Crippen molar-refractivity contribution in [3.05, 3.63) is 118 Å². The Bertz CT molecular complexity index is 2150. The molecule has 4 N–H and O–H groups in total. The predicted octanol–water partition coefficient (Wildman–Crippen LogP) is 5.06. The number of nitrogens with one attached hydrogen (secondary N) is 2. The number of hydrogen-bond donors (Lipinski definition) is 4. The molecule has 4 aromatic rings. The van der Waals surface area contributed by atoms with Gasteiger partial charge in [0.25, 0.3) is 0 Å². The molecule has 2 unspecified atom stereocenters. The number of alkyl carbamates (subject to hydrolysis) is 1. The van der Waals surface area contributed by atoms with Crippen LogP contribution in [-0.4, -0.2) is 53.6 Å². The molecule has 15 nitrogen and oxygen atoms in total. The van der Waals surface area contributed by atoms with E-state index in [0.717, 1.165) is 22.3 Å². The Kier molecular flexibility index (Phi) is 10.1. The Hall–Kier alpha value is -5.01. The highest BCUT2D eigenvalue weighted by atomic mass is 31.2. The van der Waals surface area contributed by atoms with Crippen molar-refractivity contribution in [2.45, 2.75) is 44.1 Å². The van der Waals surface area contributed by atoms with E-state index in [9.17, 15) is 33.3 Å². The first-order valence-corrected chi connectivity index (χ1v) is 19.4. The van der Waals surface area contributed by atoms with Gasteiger partial charge in [-0.25, -0.2) is 18.7 Å². The lowest BCUT2D eigenvalue weighted by Gasteiger charge is -2.25. The zero-order chi connectivity index (χ0) is 37.3. The highest BCUT2D eigenvalue weighted by Crippen LogP contribution is 2.51. The summed E-state index contributed by atoms with van der Waals surface area (Å²) in [5.41, 5.74) is 6.12. The van der Waals surface area contributed by atoms with Gasteiger partial charge in [-0.2, -0.15) is 0 Å². The van der Waals surface area contributed by atoms with Crippen molar-refractivity contribution in [3.8, 4) is 22.6 Å². The molecule has 53 heavy (non-hydrogen) atoms. The summed E-state index contributed by atoms with van der Waals surface area (Å²) in [6.45, 7) is -0.430. The Morgan fingerprint density at radius 3 is 1.79 bits per heavy atom. The predicted molar refractivity (Wildman–Crippen MR) is 187 cm³/mol. The van der Waals surface area contributed by atoms with Gasteiger partial charge < -0.3 is 29.2 Å². The van der Waals surface area contributed by atoms with Gasteiger partial charge in [-0.1, -0.05) is 60.7 Å². The molecule has 0 spiro atoms. The number of phosphoric acid groups is 2. The zero-order valence-electron chi connectivity index (χ0n) is 28.1. The van der Waals surface area contributed by atoms with Crippen LogP contribution in [0.15, 0.2) is 84.9 Å². The topological polar surface area (TPSA) is 205 Å². The Labute approximate surface area is 303 Å². The summed E-state index contributed by atoms with van der Waals surface area (Å²) in [5, 5.41) is 5.33. The molecule has 0 aromatic heterocycles. The third-order valence-electron chi connectivity index (χ3n) is 9.08. The molecule has 0 fully saturated rings. The van der Waals surface area contributed by atoms with Gasteiger partial charge in [-0.3, -0.25) is 23.6 Å². The molecular formula is C36H34N2O13P2. The van der Waals surface area contributed by atoms with Gasteiger partial charge >= 0.3 is 27.7 Å². The third-order valence-corrected chi connectivity index (χ3v) is 10.8. The number of methoxy groups -OCH3 is 1. The first-order valence-electron chi connectivity index (χ1n) is 16.5. The van der Waals surface area contributed by atoms with Crippen LogP contribution >= 0.6 is 15.6 Å². The van der Waals surface area contributed by atoms with Crippen LogP contribution in [0.4, 0.5) is 4.79 Å². The molecule has 1 aliphatic carbocycles. The molecule has 276 valence electrons. The molecular weight excluding hydrogens is 730 g/mol. The highest BCUT2D eigenvalue weighted by Gasteiger charge is 2.34. The third kappa shape index (κ3) is 8.16. The molecule has 17 heteroatoms. The number of carbonyl (C=O) groups is 3. The lowest BCUT2D eigenvalue weighted by Crippen LogP contribution is -2.53. The van der Waals surface area contributed by atoms with Gasteiger partial charge in [0.05, 0.1) is 20.3 Å². The van der Waals surface area contributed by atoms with Gasteiger partial charge in [0.15, 0.2) is 0 Å². The van der Waals surface area contributed by atoms with Crippen molar-refractivity contribution in [3.63, 3.8) is 0 Å². The molecule has 0 bridgehead atoms. The smallest absolute Gasteiger partial charge is 0.467 e. The van der Waals surface area contributed by atoms with Gasteiger partial charge in [0.2, 0.25) is 5.91 Å². The van der Waals surface area contributed by atoms with Crippen LogP contribution in [0.25, 0.3) is 11.1 Å². The minimum absolute atomic E-state index is 0.00871. The normalized spacial score (nSPS) is 20.9. The van der Waals surface area contributed by atoms with Crippen molar-refractivity contribution in [2.75, 3.05) is 13.7 Å². The van der Waals surface area contributed by atoms with Crippen LogP contribution in [0.5, 0.6) is 11.5 Å². The number of esters is 1. The number of phosphoric ester groups is 2. The molecule has 2 aliphatic heterocycles. The minimum Gasteiger partial charge on any atom is -0.467 e. The van der Waals surface area contributed by atoms with Gasteiger partial charge in [-0.05, 0) is 57.6 Å². The maximum atomic E-state index is 14.0. The summed E-state index contributed by atoms with van der Waals surface area (Å²) in [5.74, 6) is -1.43. The minimum atomic E-state index is -4.24. The zero-order valence-corrected chi connectivity index (χ0v) is 29.9. The maximum Gasteiger partial charge on any atom is 0.527 e. The average Bonchev–Trinajstić information content (AvgIpc) is 3.46. The van der Waals surface area contributed by atoms with E-state index >= 15 is 0 Å². The van der Waals surface area contributed by atoms with Crippen LogP contribution in [0, 0.1) is 0 Å². The number of amides is 2. The summed E-state index contributed by atoms with van der Waals surface area (Å²) in [6.07, 6.45) is -0.999. The molecule has 2 amide bonds. The van der Waals surface area contributed by atoms with Crippen LogP contribution in [0.3, 0.4) is 0 Å². The lowest BCUT2D eigenvalue weighted by molar-refractivity contribution is -0.145. The Balaban J connectivity index is 1.10. The fraction of sp³-hybridized carbons (Fsp3) is 0.250. The number of hydrogen-bond acceptors (Lipinski definition) is 11. The van der Waals surface area contributed by atoms with Crippen molar-refractivity contribution >= 4 is 33.6 Å². The van der Waals surface area contributed by atoms with E-state index in [1.54, 1.807) is 24.3 Å². The van der Waals surface area contributed by atoms with Crippen LogP contribution < -0.4 is 19.7 Å². The van der Waals surface area contributed by atoms with Gasteiger partial charge in [0, 0.05) is 29.9 Å². The summed E-state index contributed by atoms with van der Waals surface area (Å²) in [7, 11) is -7.29. The van der Waals surface area contributed by atoms with Crippen molar-refractivity contribution in [2.24, 2.45) is 0 Å². The highest BCUT2D eigenvalue weighted by molar-refractivity contribution is 7.48. The van der Waals surface area contributed by atoms with E-state index in [2.05, 4.69) is 10.6 Å². The number of benzene rings is 4. The van der Waals surface area contributed by atoms with Crippen LogP contribution in [-0.2, 0) is 63.3 Å². The SMILES string of the molecule is COC(=O)[C@H](Cc1ccc2c(c1)COP(=O)(O)O2)NC(=O)[C@H](Cc1ccc2c(c1)COP(=O)(O)O2)NC(=O)OCC1c2ccccc2-c2ccccc21. The van der Waals surface area contributed by atoms with Crippen LogP contribution in [0.1, 0.15) is 39.3 Å². The molecule has 4 aromatic carbocycles. The van der Waals surface area contributed by atoms with E-state index in [1.165, 1.54) is 19.2 Å². The second-order valence-corrected chi connectivity index (χ2v) is 15.3. The van der Waals surface area contributed by atoms with Gasteiger partial charge in [0.1, 0.15) is 30.2 Å². The quantitative estimate of drug-likeness (QED) is 0.123. The number of fused-ring (bicyclic) bond motifs is 5. The molecule has 2 heterocycles. The van der Waals surface area contributed by atoms with Crippen molar-refractivity contribution in [1.82, 2.24) is 10.6 Å². The van der Waals surface area contributed by atoms with E-state index in [-0.39, 0.29) is 50.1 Å². The second-order valence-electron chi connectivity index (χ2n) is 12.6.